The average Bonchev–Trinajstić information content (AvgIpc) is 0.796. The third-order valence-corrected chi connectivity index (χ3v) is 36.2. The fourth-order valence-corrected chi connectivity index (χ4v) is 12.4. The average molecular weight is 1890 g/mol. The Morgan fingerprint density at radius 2 is 0.802 bits per heavy atom. The van der Waals surface area contributed by atoms with Crippen LogP contribution in [0.3, 0.4) is 0 Å². The van der Waals surface area contributed by atoms with Crippen LogP contribution in [0, 0.1) is 48.8 Å². The van der Waals surface area contributed by atoms with Gasteiger partial charge in [0.25, 0.3) is 0 Å². The summed E-state index contributed by atoms with van der Waals surface area (Å²) in [5.74, 6) is -0.683. The molecule has 1 unspecified atom stereocenters. The first kappa shape index (κ1) is 129. The maximum atomic E-state index is 11.7. The molecule has 0 radical (unpaired) electrons. The summed E-state index contributed by atoms with van der Waals surface area (Å²) in [6.07, 6.45) is 28.5. The molecule has 2 aromatic carbocycles. The van der Waals surface area contributed by atoms with E-state index in [0.29, 0.717) is 90.9 Å². The number of aromatic hydroxyl groups is 4. The van der Waals surface area contributed by atoms with Crippen molar-refractivity contribution in [2.45, 2.75) is 396 Å². The number of rotatable bonds is 36. The predicted molar refractivity (Wildman–Crippen MR) is 514 cm³/mol. The van der Waals surface area contributed by atoms with E-state index < -0.39 is 35.5 Å². The van der Waals surface area contributed by atoms with Crippen LogP contribution >= 0.6 is 23.2 Å². The number of hydrogen-bond donors (Lipinski definition) is 5. The van der Waals surface area contributed by atoms with Crippen molar-refractivity contribution in [2.75, 3.05) is 39.6 Å². The molecule has 1 saturated heterocycles. The second-order valence-corrected chi connectivity index (χ2v) is 56.1. The Labute approximate surface area is 765 Å². The first-order valence-electron chi connectivity index (χ1n) is 43.5. The third-order valence-electron chi connectivity index (χ3n) is 21.7. The standard InChI is InChI=1S/C21H31ClO5.C21H29ClO5.C15H32OSi.C14H26O2.C12H26O2Si.C7H18Si.C5H8O2.CH3N.CH3.Pd/c2*1-13(8-6-7-11-27-20(26)21(3,4)5)9-10-15-18(24)16(12-23)14(2)17(22)19(15)25;1-8-11-14(2)12-9-10-13-16-17(6,7)15(3,4)5;1-6-9-12(2)10-7-8-11-16-13(15)14(3,4)5;1-11(13)9-7-8-10-14-15(5,6)12(2,3)4;1-7(2,3)8(4,5)6;6-5-3-1-2-4-7-5;1-2;;/h12-13,24-25H,6-11H2,1-5H3;9,12,24-25H,6-8,10-11H2,1-5H3;11H,8-10,12-13H2,1-7H3;9H,6-8,10-11H2,1-5H3;7-10H2,1-6H3;1-6H3;1-4H2;2H,1H2;1H3;/q;;;;;;;;-1;/b;13-9+;14-11+;12-9+;;;;;;. The molecular weight excluding hydrogens is 1710 g/mol. The first-order chi connectivity index (χ1) is 54.4. The predicted octanol–water partition coefficient (Wildman–Crippen LogP) is 28.3. The van der Waals surface area contributed by atoms with E-state index >= 15 is 0 Å². The van der Waals surface area contributed by atoms with Crippen LogP contribution in [0.1, 0.15) is 351 Å². The van der Waals surface area contributed by atoms with Gasteiger partial charge in [-0.1, -0.05) is 167 Å². The number of carbonyl (C=O) groups is 7. The van der Waals surface area contributed by atoms with Gasteiger partial charge >= 0.3 is 23.9 Å². The Morgan fingerprint density at radius 3 is 1.08 bits per heavy atom. The molecule has 1 atom stereocenters. The van der Waals surface area contributed by atoms with Crippen LogP contribution in [0.15, 0.2) is 34.9 Å². The van der Waals surface area contributed by atoms with Crippen molar-refractivity contribution in [3.63, 3.8) is 0 Å². The van der Waals surface area contributed by atoms with Gasteiger partial charge < -0.3 is 65.9 Å². The number of cyclic esters (lactones) is 1. The summed E-state index contributed by atoms with van der Waals surface area (Å²) >= 11 is 12.1. The normalized spacial score (nSPS) is 13.0. The number of unbranched alkanes of at least 4 members (excludes halogenated alkanes) is 5. The summed E-state index contributed by atoms with van der Waals surface area (Å²) in [6.45, 7) is 77.5. The fourth-order valence-electron chi connectivity index (χ4n) is 9.74. The van der Waals surface area contributed by atoms with E-state index in [4.69, 9.17) is 51.7 Å². The molecule has 1 fully saturated rings. The molecule has 18 nitrogen and oxygen atoms in total. The molecule has 0 aromatic heterocycles. The summed E-state index contributed by atoms with van der Waals surface area (Å²) in [7, 11) is -3.94. The number of phenolic OH excluding ortho intramolecular Hbond substituents is 4. The Kier molecular flexibility index (Phi) is 69.4. The van der Waals surface area contributed by atoms with E-state index in [0.717, 1.165) is 122 Å². The summed E-state index contributed by atoms with van der Waals surface area (Å²) < 4.78 is 32.5. The molecule has 2 aromatic rings. The minimum atomic E-state index is -1.57. The van der Waals surface area contributed by atoms with Crippen LogP contribution in [-0.2, 0) is 85.0 Å². The summed E-state index contributed by atoms with van der Waals surface area (Å²) in [4.78, 5) is 78.1. The minimum absolute atomic E-state index is 0. The summed E-state index contributed by atoms with van der Waals surface area (Å²) in [5.41, 5.74) is 4.20. The van der Waals surface area contributed by atoms with Gasteiger partial charge in [-0.3, -0.25) is 28.8 Å². The molecular formula is C97H176Cl2NO17PdSi3-. The van der Waals surface area contributed by atoms with Crippen LogP contribution in [0.25, 0.3) is 0 Å². The van der Waals surface area contributed by atoms with E-state index in [-0.39, 0.29) is 124 Å². The quantitative estimate of drug-likeness (QED) is 0.00619. The molecule has 24 heteroatoms. The molecule has 0 saturated carbocycles. The molecule has 121 heavy (non-hydrogen) atoms. The Morgan fingerprint density at radius 1 is 0.488 bits per heavy atom. The number of phenols is 4. The van der Waals surface area contributed by atoms with Crippen LogP contribution in [-0.4, -0.2) is 134 Å². The van der Waals surface area contributed by atoms with Gasteiger partial charge in [0.05, 0.1) is 63.8 Å². The molecule has 0 spiro atoms. The fraction of sp³-hybridized carbons (Fsp3) is 0.722. The molecule has 708 valence electrons. The number of benzene rings is 2. The van der Waals surface area contributed by atoms with Crippen LogP contribution in [0.2, 0.25) is 71.0 Å². The number of nitrogens with one attached hydrogen (secondary N) is 1. The van der Waals surface area contributed by atoms with Crippen LogP contribution in [0.5, 0.6) is 23.0 Å². The van der Waals surface area contributed by atoms with Crippen molar-refractivity contribution in [1.29, 1.82) is 5.41 Å². The molecule has 0 aliphatic carbocycles. The molecule has 0 amide bonds. The van der Waals surface area contributed by atoms with E-state index in [9.17, 15) is 54.0 Å². The van der Waals surface area contributed by atoms with Gasteiger partial charge in [-0.05, 0) is 297 Å². The van der Waals surface area contributed by atoms with Crippen molar-refractivity contribution in [1.82, 2.24) is 0 Å². The minimum Gasteiger partial charge on any atom is -0.507 e. The van der Waals surface area contributed by atoms with E-state index in [2.05, 4.69) is 166 Å². The van der Waals surface area contributed by atoms with Gasteiger partial charge in [0.1, 0.15) is 28.8 Å². The Hall–Kier alpha value is -4.77. The smallest absolute Gasteiger partial charge is 0.311 e. The maximum absolute atomic E-state index is 11.7. The first-order valence-corrected chi connectivity index (χ1v) is 53.6. The van der Waals surface area contributed by atoms with Gasteiger partial charge in [0, 0.05) is 65.7 Å². The molecule has 1 aliphatic rings. The van der Waals surface area contributed by atoms with Crippen LogP contribution < -0.4 is 0 Å². The zero-order valence-corrected chi connectivity index (χ0v) is 88.9. The third kappa shape index (κ3) is 59.0. The van der Waals surface area contributed by atoms with Gasteiger partial charge in [0.15, 0.2) is 29.2 Å². The number of Topliss-reactive ketones (excluding diaryl/α,β-unsaturated/α-hetero) is 1. The molecule has 1 aliphatic heterocycles. The maximum Gasteiger partial charge on any atom is 0.311 e. The van der Waals surface area contributed by atoms with Crippen LogP contribution in [0.4, 0.5) is 0 Å². The van der Waals surface area contributed by atoms with Gasteiger partial charge in [0.2, 0.25) is 0 Å². The molecule has 3 rings (SSSR count). The largest absolute Gasteiger partial charge is 0.507 e. The zero-order valence-electron chi connectivity index (χ0n) is 82.8. The van der Waals surface area contributed by atoms with Crippen molar-refractivity contribution in [3.05, 3.63) is 85.8 Å². The molecule has 5 N–H and O–H groups in total. The number of ether oxygens (including phenoxy) is 4. The van der Waals surface area contributed by atoms with Gasteiger partial charge in [-0.15, -0.1) is 0 Å². The van der Waals surface area contributed by atoms with E-state index in [1.54, 1.807) is 20.8 Å². The van der Waals surface area contributed by atoms with E-state index in [1.807, 2.05) is 75.3 Å². The zero-order chi connectivity index (χ0) is 93.9. The Balaban J connectivity index is -0.000000259. The summed E-state index contributed by atoms with van der Waals surface area (Å²) in [6, 6.07) is 0. The second kappa shape index (κ2) is 64.9. The summed E-state index contributed by atoms with van der Waals surface area (Å²) in [5, 5.41) is 47.7. The van der Waals surface area contributed by atoms with E-state index in [1.165, 1.54) is 30.4 Å². The molecule has 1 heterocycles. The topological polar surface area (TPSA) is 280 Å². The number of ketones is 1. The van der Waals surface area contributed by atoms with Crippen molar-refractivity contribution in [2.24, 2.45) is 22.2 Å². The number of aldehydes is 2. The van der Waals surface area contributed by atoms with Crippen molar-refractivity contribution >= 4 is 96.9 Å². The number of halogens is 2. The number of esters is 4. The monoisotopic (exact) mass is 1890 g/mol. The van der Waals surface area contributed by atoms with Crippen molar-refractivity contribution in [3.8, 4) is 23.0 Å². The number of hydrogen-bond acceptors (Lipinski definition) is 18. The number of allylic oxidation sites excluding steroid dienone is 6. The molecule has 0 bridgehead atoms. The second-order valence-electron chi connectivity index (χ2n) is 39.7. The van der Waals surface area contributed by atoms with Crippen molar-refractivity contribution < 1.29 is 102 Å². The SMILES string of the molecule is C/C(=C\Cc1c(O)c(Cl)c(C)c(C=O)c1O)CCCCOC(=O)C(C)(C)C.C=N.CC(=O)CCCCO[Si](C)(C)C(C)(C)C.CC(C)(C)[Si](C)(C)C.CC/C=C(\C)CCCCOC(=O)C(C)(C)C.CC/C=C(\C)CCCCO[Si](C)(C)C(C)(C)C.Cc1c(Cl)c(O)c(CCC(C)CCCCOC(=O)C(C)(C)C)c(O)c1C=O.O=C1CCCCO1.[CH3-].[Pd]. The van der Waals surface area contributed by atoms with Gasteiger partial charge in [-0.2, -0.15) is 0 Å². The van der Waals surface area contributed by atoms with Gasteiger partial charge in [-0.25, -0.2) is 0 Å². The number of carbonyl (C=O) groups excluding carboxylic acids is 7. The Bertz CT molecular complexity index is 3370.